The van der Waals surface area contributed by atoms with Crippen LogP contribution >= 0.6 is 11.6 Å². The maximum atomic E-state index is 11.9. The van der Waals surface area contributed by atoms with E-state index >= 15 is 0 Å². The molecule has 1 aromatic heterocycles. The van der Waals surface area contributed by atoms with Gasteiger partial charge in [-0.25, -0.2) is 0 Å². The predicted molar refractivity (Wildman–Crippen MR) is 114 cm³/mol. The van der Waals surface area contributed by atoms with Gasteiger partial charge in [0.25, 0.3) is 5.91 Å². The molecule has 2 atom stereocenters. The highest BCUT2D eigenvalue weighted by Gasteiger charge is 2.21. The van der Waals surface area contributed by atoms with E-state index in [2.05, 4.69) is 32.1 Å². The number of carbonyl (C=O) groups excluding carboxylic acids is 2. The second-order valence-electron chi connectivity index (χ2n) is 7.37. The molecule has 2 rings (SSSR count). The number of ether oxygens (including phenoxy) is 1. The van der Waals surface area contributed by atoms with Crippen LogP contribution in [-0.4, -0.2) is 61.0 Å². The second kappa shape index (κ2) is 12.7. The quantitative estimate of drug-likeness (QED) is 0.349. The lowest BCUT2D eigenvalue weighted by Gasteiger charge is -2.27. The third-order valence-electron chi connectivity index (χ3n) is 4.95. The number of unbranched alkanes of at least 4 members (excludes halogenated alkanes) is 1. The van der Waals surface area contributed by atoms with Crippen molar-refractivity contribution in [3.8, 4) is 0 Å². The van der Waals surface area contributed by atoms with Crippen molar-refractivity contribution in [2.75, 3.05) is 25.4 Å². The van der Waals surface area contributed by atoms with E-state index in [1.165, 1.54) is 25.3 Å². The predicted octanol–water partition coefficient (Wildman–Crippen LogP) is 1.48. The van der Waals surface area contributed by atoms with Gasteiger partial charge in [0.05, 0.1) is 8.80 Å². The van der Waals surface area contributed by atoms with Crippen molar-refractivity contribution >= 4 is 38.2 Å². The Morgan fingerprint density at radius 1 is 1.17 bits per heavy atom. The zero-order valence-electron chi connectivity index (χ0n) is 17.0. The first kappa shape index (κ1) is 23.5. The van der Waals surface area contributed by atoms with E-state index in [1.54, 1.807) is 0 Å². The molecule has 2 amide bonds. The molecule has 11 heteroatoms. The minimum Gasteiger partial charge on any atom is -0.382 e. The molecule has 2 heterocycles. The van der Waals surface area contributed by atoms with Gasteiger partial charge in [-0.3, -0.25) is 9.59 Å². The number of nitrogens with two attached hydrogens (primary N) is 1. The fourth-order valence-electron chi connectivity index (χ4n) is 3.30. The van der Waals surface area contributed by atoms with Gasteiger partial charge in [-0.05, 0) is 50.1 Å². The molecule has 0 aliphatic carbocycles. The fourth-order valence-corrected chi connectivity index (χ4v) is 5.95. The number of nitrogen functional groups attached to an aromatic ring is 1. The largest absolute Gasteiger partial charge is 0.382 e. The number of halogens is 1. The molecule has 0 spiro atoms. The Balaban J connectivity index is 1.49. The summed E-state index contributed by atoms with van der Waals surface area (Å²) in [6.45, 7) is 4.42. The van der Waals surface area contributed by atoms with Crippen LogP contribution in [0.1, 0.15) is 55.6 Å². The lowest BCUT2D eigenvalue weighted by atomic mass is 10.2. The maximum Gasteiger partial charge on any atom is 0.289 e. The van der Waals surface area contributed by atoms with E-state index in [0.29, 0.717) is 31.5 Å². The third-order valence-corrected chi connectivity index (χ3v) is 8.24. The van der Waals surface area contributed by atoms with Gasteiger partial charge in [-0.15, -0.1) is 0 Å². The van der Waals surface area contributed by atoms with Crippen molar-refractivity contribution in [2.24, 2.45) is 0 Å². The van der Waals surface area contributed by atoms with Crippen LogP contribution in [0.5, 0.6) is 0 Å². The topological polar surface area (TPSA) is 132 Å². The van der Waals surface area contributed by atoms with Crippen LogP contribution in [0.4, 0.5) is 5.95 Å². The first-order valence-electron chi connectivity index (χ1n) is 10.3. The molecule has 0 radical (unpaired) electrons. The monoisotopic (exact) mass is 442 g/mol. The Morgan fingerprint density at radius 2 is 1.97 bits per heavy atom. The van der Waals surface area contributed by atoms with E-state index in [-0.39, 0.29) is 23.0 Å². The summed E-state index contributed by atoms with van der Waals surface area (Å²) in [4.78, 5) is 34.9. The van der Waals surface area contributed by atoms with Crippen molar-refractivity contribution in [1.29, 1.82) is 0 Å². The molecule has 1 saturated heterocycles. The van der Waals surface area contributed by atoms with Crippen molar-refractivity contribution in [1.82, 2.24) is 25.6 Å². The van der Waals surface area contributed by atoms with Gasteiger partial charge in [0.2, 0.25) is 23.0 Å². The Bertz CT molecular complexity index is 655. The minimum atomic E-state index is -0.865. The summed E-state index contributed by atoms with van der Waals surface area (Å²) in [5.74, 6) is -0.630. The van der Waals surface area contributed by atoms with Crippen molar-refractivity contribution in [3.63, 3.8) is 0 Å². The number of aromatic nitrogens is 3. The van der Waals surface area contributed by atoms with E-state index in [9.17, 15) is 9.59 Å². The molecule has 0 aromatic carbocycles. The van der Waals surface area contributed by atoms with Gasteiger partial charge >= 0.3 is 0 Å². The highest BCUT2D eigenvalue weighted by Crippen LogP contribution is 2.17. The molecule has 9 nitrogen and oxygen atoms in total. The van der Waals surface area contributed by atoms with Crippen LogP contribution in [0.25, 0.3) is 0 Å². The molecule has 1 aliphatic rings. The molecule has 0 bridgehead atoms. The van der Waals surface area contributed by atoms with E-state index in [1.807, 2.05) is 0 Å². The van der Waals surface area contributed by atoms with Crippen molar-refractivity contribution < 1.29 is 14.3 Å². The average Bonchev–Trinajstić information content (AvgIpc) is 2.70. The van der Waals surface area contributed by atoms with Gasteiger partial charge in [-0.1, -0.05) is 12.6 Å². The molecule has 1 fully saturated rings. The molecule has 4 N–H and O–H groups in total. The maximum absolute atomic E-state index is 11.9. The van der Waals surface area contributed by atoms with Crippen LogP contribution in [-0.2, 0) is 9.53 Å². The first-order chi connectivity index (χ1) is 14.0. The third kappa shape index (κ3) is 9.05. The lowest BCUT2D eigenvalue weighted by Crippen LogP contribution is -2.34. The van der Waals surface area contributed by atoms with E-state index in [4.69, 9.17) is 22.1 Å². The summed E-state index contributed by atoms with van der Waals surface area (Å²) >= 11 is 5.65. The summed E-state index contributed by atoms with van der Waals surface area (Å²) in [6.07, 6.45) is 6.52. The Hall–Kier alpha value is -1.78. The summed E-state index contributed by atoms with van der Waals surface area (Å²) in [5.41, 5.74) is 5.95. The van der Waals surface area contributed by atoms with Gasteiger partial charge in [0.15, 0.2) is 0 Å². The Kier molecular flexibility index (Phi) is 10.3. The average molecular weight is 443 g/mol. The van der Waals surface area contributed by atoms with Crippen LogP contribution in [0, 0.1) is 0 Å². The van der Waals surface area contributed by atoms with Crippen LogP contribution in [0.15, 0.2) is 0 Å². The van der Waals surface area contributed by atoms with E-state index in [0.717, 1.165) is 19.6 Å². The van der Waals surface area contributed by atoms with E-state index < -0.39 is 14.7 Å². The number of carbonyl (C=O) groups is 2. The SMILES string of the molecule is C[SiH](CCCNC(=O)CCCCNC(=O)c1nc(N)nc(Cl)n1)C1CCCCO1. The number of amides is 2. The molecule has 1 aromatic rings. The summed E-state index contributed by atoms with van der Waals surface area (Å²) in [6, 6.07) is 1.20. The van der Waals surface area contributed by atoms with Crippen LogP contribution in [0.3, 0.4) is 0 Å². The molecule has 1 aliphatic heterocycles. The molecular formula is C18H31ClN6O3Si. The number of anilines is 1. The normalized spacial score (nSPS) is 17.5. The summed E-state index contributed by atoms with van der Waals surface area (Å²) in [7, 11) is -0.865. The minimum absolute atomic E-state index is 0.0524. The summed E-state index contributed by atoms with van der Waals surface area (Å²) < 4.78 is 5.87. The molecule has 0 saturated carbocycles. The number of nitrogens with zero attached hydrogens (tertiary/aromatic N) is 3. The number of nitrogens with one attached hydrogen (secondary N) is 2. The van der Waals surface area contributed by atoms with Crippen molar-refractivity contribution in [2.45, 2.75) is 63.3 Å². The van der Waals surface area contributed by atoms with Gasteiger partial charge < -0.3 is 21.1 Å². The van der Waals surface area contributed by atoms with Gasteiger partial charge in [-0.2, -0.15) is 15.0 Å². The summed E-state index contributed by atoms with van der Waals surface area (Å²) in [5, 5.41) is 5.53. The van der Waals surface area contributed by atoms with Crippen molar-refractivity contribution in [3.05, 3.63) is 11.1 Å². The zero-order chi connectivity index (χ0) is 21.1. The number of hydrogen-bond acceptors (Lipinski definition) is 7. The Labute approximate surface area is 178 Å². The molecule has 2 unspecified atom stereocenters. The molecule has 29 heavy (non-hydrogen) atoms. The smallest absolute Gasteiger partial charge is 0.289 e. The van der Waals surface area contributed by atoms with Crippen LogP contribution < -0.4 is 16.4 Å². The molecular weight excluding hydrogens is 412 g/mol. The van der Waals surface area contributed by atoms with Crippen LogP contribution in [0.2, 0.25) is 17.9 Å². The number of hydrogen-bond donors (Lipinski definition) is 3. The molecule has 162 valence electrons. The lowest BCUT2D eigenvalue weighted by molar-refractivity contribution is -0.121. The highest BCUT2D eigenvalue weighted by molar-refractivity contribution is 6.58. The second-order valence-corrected chi connectivity index (χ2v) is 11.0. The fraction of sp³-hybridized carbons (Fsp3) is 0.722. The van der Waals surface area contributed by atoms with Gasteiger partial charge in [0.1, 0.15) is 0 Å². The van der Waals surface area contributed by atoms with Gasteiger partial charge in [0, 0.05) is 31.8 Å². The first-order valence-corrected chi connectivity index (χ1v) is 13.3. The standard InChI is InChI=1S/C18H31ClN6O3Si/c1-29(14-8-3-5-11-28-14)12-6-10-21-13(26)7-2-4-9-22-16(27)15-23-17(19)25-18(20)24-15/h14,29H,2-12H2,1H3,(H,21,26)(H,22,27)(H2,20,23,24,25). The zero-order valence-corrected chi connectivity index (χ0v) is 18.9. The number of rotatable bonds is 11. The highest BCUT2D eigenvalue weighted by atomic mass is 35.5. The Morgan fingerprint density at radius 3 is 2.69 bits per heavy atom.